The molecule has 2 N–H and O–H groups in total. The number of anilines is 1. The van der Waals surface area contributed by atoms with E-state index >= 15 is 0 Å². The molecule has 0 saturated heterocycles. The zero-order valence-corrected chi connectivity index (χ0v) is 8.18. The molecule has 0 radical (unpaired) electrons. The van der Waals surface area contributed by atoms with E-state index in [1.165, 1.54) is 18.2 Å². The van der Waals surface area contributed by atoms with E-state index in [0.29, 0.717) is 0 Å². The maximum atomic E-state index is 13.4. The van der Waals surface area contributed by atoms with Crippen LogP contribution in [0.25, 0.3) is 11.1 Å². The topological polar surface area (TPSA) is 26.0 Å². The molecule has 0 unspecified atom stereocenters. The Kier molecular flexibility index (Phi) is 2.56. The highest BCUT2D eigenvalue weighted by atomic mass is 19.1. The van der Waals surface area contributed by atoms with E-state index in [2.05, 4.69) is 0 Å². The lowest BCUT2D eigenvalue weighted by molar-refractivity contribution is 0.591. The van der Waals surface area contributed by atoms with Crippen molar-refractivity contribution in [2.75, 3.05) is 5.73 Å². The summed E-state index contributed by atoms with van der Waals surface area (Å²) in [6.45, 7) is 0. The van der Waals surface area contributed by atoms with Gasteiger partial charge in [-0.3, -0.25) is 0 Å². The lowest BCUT2D eigenvalue weighted by Crippen LogP contribution is -1.96. The average Bonchev–Trinajstić information content (AvgIpc) is 2.26. The second-order valence-corrected chi connectivity index (χ2v) is 3.33. The van der Waals surface area contributed by atoms with Crippen LogP contribution in [0.2, 0.25) is 0 Å². The van der Waals surface area contributed by atoms with Crippen LogP contribution >= 0.6 is 0 Å². The minimum atomic E-state index is -0.891. The van der Waals surface area contributed by atoms with Gasteiger partial charge in [-0.05, 0) is 23.8 Å². The summed E-state index contributed by atoms with van der Waals surface area (Å²) < 4.78 is 39.7. The number of halogens is 3. The minimum absolute atomic E-state index is 0.127. The molecule has 2 aromatic rings. The second kappa shape index (κ2) is 3.89. The minimum Gasteiger partial charge on any atom is -0.394 e. The van der Waals surface area contributed by atoms with E-state index in [0.717, 1.165) is 12.1 Å². The first-order valence-electron chi connectivity index (χ1n) is 4.59. The summed E-state index contributed by atoms with van der Waals surface area (Å²) in [6, 6.07) is 7.78. The fourth-order valence-electron chi connectivity index (χ4n) is 1.44. The van der Waals surface area contributed by atoms with E-state index in [1.54, 1.807) is 6.07 Å². The maximum absolute atomic E-state index is 13.4. The van der Waals surface area contributed by atoms with Crippen LogP contribution in [-0.2, 0) is 0 Å². The van der Waals surface area contributed by atoms with Crippen molar-refractivity contribution < 1.29 is 13.2 Å². The van der Waals surface area contributed by atoms with Crippen LogP contribution in [0.5, 0.6) is 0 Å². The predicted octanol–water partition coefficient (Wildman–Crippen LogP) is 3.35. The van der Waals surface area contributed by atoms with Crippen molar-refractivity contribution in [1.29, 1.82) is 0 Å². The Morgan fingerprint density at radius 3 is 1.94 bits per heavy atom. The SMILES string of the molecule is Nc1c(F)cc(-c2ccccc2F)cc1F. The fourth-order valence-corrected chi connectivity index (χ4v) is 1.44. The normalized spacial score (nSPS) is 10.4. The molecule has 0 bridgehead atoms. The lowest BCUT2D eigenvalue weighted by Gasteiger charge is -2.05. The Hall–Kier alpha value is -1.97. The quantitative estimate of drug-likeness (QED) is 0.737. The summed E-state index contributed by atoms with van der Waals surface area (Å²) in [7, 11) is 0. The van der Waals surface area contributed by atoms with Crippen molar-refractivity contribution in [2.45, 2.75) is 0 Å². The Morgan fingerprint density at radius 2 is 1.38 bits per heavy atom. The van der Waals surface area contributed by atoms with Crippen molar-refractivity contribution in [3.8, 4) is 11.1 Å². The van der Waals surface area contributed by atoms with Gasteiger partial charge in [0.2, 0.25) is 0 Å². The van der Waals surface area contributed by atoms with E-state index in [4.69, 9.17) is 5.73 Å². The number of rotatable bonds is 1. The van der Waals surface area contributed by atoms with Gasteiger partial charge >= 0.3 is 0 Å². The first-order chi connectivity index (χ1) is 7.59. The van der Waals surface area contributed by atoms with Gasteiger partial charge in [-0.15, -0.1) is 0 Å². The molecule has 0 saturated carbocycles. The van der Waals surface area contributed by atoms with Crippen molar-refractivity contribution in [1.82, 2.24) is 0 Å². The molecule has 0 aromatic heterocycles. The highest BCUT2D eigenvalue weighted by Gasteiger charge is 2.11. The molecule has 0 spiro atoms. The first-order valence-corrected chi connectivity index (χ1v) is 4.59. The van der Waals surface area contributed by atoms with Crippen molar-refractivity contribution in [3.63, 3.8) is 0 Å². The summed E-state index contributed by atoms with van der Waals surface area (Å²) in [4.78, 5) is 0. The molecule has 2 rings (SSSR count). The molecule has 0 heterocycles. The number of benzene rings is 2. The summed E-state index contributed by atoms with van der Waals surface area (Å²) in [5.41, 5.74) is 4.83. The van der Waals surface area contributed by atoms with Crippen molar-refractivity contribution in [3.05, 3.63) is 53.8 Å². The van der Waals surface area contributed by atoms with Crippen LogP contribution in [0.15, 0.2) is 36.4 Å². The van der Waals surface area contributed by atoms with E-state index in [-0.39, 0.29) is 11.1 Å². The van der Waals surface area contributed by atoms with Crippen LogP contribution < -0.4 is 5.73 Å². The molecule has 0 aliphatic carbocycles. The van der Waals surface area contributed by atoms with Crippen LogP contribution in [0.1, 0.15) is 0 Å². The molecule has 2 aromatic carbocycles. The molecule has 0 fully saturated rings. The third-order valence-corrected chi connectivity index (χ3v) is 2.26. The van der Waals surface area contributed by atoms with Crippen LogP contribution in [0.4, 0.5) is 18.9 Å². The number of hydrogen-bond acceptors (Lipinski definition) is 1. The molecule has 0 aliphatic heterocycles. The number of nitrogens with two attached hydrogens (primary N) is 1. The van der Waals surface area contributed by atoms with E-state index in [9.17, 15) is 13.2 Å². The summed E-state index contributed by atoms with van der Waals surface area (Å²) in [6.07, 6.45) is 0. The van der Waals surface area contributed by atoms with Gasteiger partial charge in [-0.2, -0.15) is 0 Å². The summed E-state index contributed by atoms with van der Waals surface area (Å²) in [5.74, 6) is -2.32. The molecule has 1 nitrogen and oxygen atoms in total. The molecular weight excluding hydrogens is 215 g/mol. The first kappa shape index (κ1) is 10.5. The van der Waals surface area contributed by atoms with Crippen LogP contribution in [0, 0.1) is 17.5 Å². The van der Waals surface area contributed by atoms with Crippen LogP contribution in [-0.4, -0.2) is 0 Å². The zero-order chi connectivity index (χ0) is 11.7. The Balaban J connectivity index is 2.62. The Labute approximate surface area is 90.3 Å². The van der Waals surface area contributed by atoms with Gasteiger partial charge in [0.25, 0.3) is 0 Å². The van der Waals surface area contributed by atoms with Crippen LogP contribution in [0.3, 0.4) is 0 Å². The smallest absolute Gasteiger partial charge is 0.149 e. The molecular formula is C12H8F3N. The molecule has 0 amide bonds. The molecule has 16 heavy (non-hydrogen) atoms. The summed E-state index contributed by atoms with van der Waals surface area (Å²) >= 11 is 0. The van der Waals surface area contributed by atoms with Gasteiger partial charge in [0.1, 0.15) is 23.1 Å². The third kappa shape index (κ3) is 1.74. The molecule has 4 heteroatoms. The van der Waals surface area contributed by atoms with E-state index < -0.39 is 23.1 Å². The summed E-state index contributed by atoms with van der Waals surface area (Å²) in [5, 5.41) is 0. The zero-order valence-electron chi connectivity index (χ0n) is 8.18. The molecule has 0 aliphatic rings. The van der Waals surface area contributed by atoms with Gasteiger partial charge in [-0.25, -0.2) is 13.2 Å². The Bertz CT molecular complexity index is 515. The van der Waals surface area contributed by atoms with Crippen molar-refractivity contribution in [2.24, 2.45) is 0 Å². The van der Waals surface area contributed by atoms with Crippen molar-refractivity contribution >= 4 is 5.69 Å². The highest BCUT2D eigenvalue weighted by Crippen LogP contribution is 2.27. The average molecular weight is 223 g/mol. The van der Waals surface area contributed by atoms with E-state index in [1.807, 2.05) is 0 Å². The standard InChI is InChI=1S/C12H8F3N/c13-9-4-2-1-3-8(9)7-5-10(14)12(16)11(15)6-7/h1-6H,16H2. The van der Waals surface area contributed by atoms with Gasteiger partial charge in [0.05, 0.1) is 0 Å². The van der Waals surface area contributed by atoms with Gasteiger partial charge < -0.3 is 5.73 Å². The largest absolute Gasteiger partial charge is 0.394 e. The monoisotopic (exact) mass is 223 g/mol. The molecule has 0 atom stereocenters. The number of nitrogen functional groups attached to an aromatic ring is 1. The maximum Gasteiger partial charge on any atom is 0.149 e. The van der Waals surface area contributed by atoms with Gasteiger partial charge in [0, 0.05) is 5.56 Å². The second-order valence-electron chi connectivity index (χ2n) is 3.33. The molecule has 82 valence electrons. The fraction of sp³-hybridized carbons (Fsp3) is 0. The predicted molar refractivity (Wildman–Crippen MR) is 56.2 cm³/mol. The van der Waals surface area contributed by atoms with Gasteiger partial charge in [0.15, 0.2) is 0 Å². The lowest BCUT2D eigenvalue weighted by atomic mass is 10.0. The third-order valence-electron chi connectivity index (χ3n) is 2.26. The number of hydrogen-bond donors (Lipinski definition) is 1. The Morgan fingerprint density at radius 1 is 0.812 bits per heavy atom. The highest BCUT2D eigenvalue weighted by molar-refractivity contribution is 5.66. The van der Waals surface area contributed by atoms with Gasteiger partial charge in [-0.1, -0.05) is 18.2 Å².